The van der Waals surface area contributed by atoms with Crippen LogP contribution in [0.25, 0.3) is 10.4 Å². The molecule has 0 fully saturated rings. The van der Waals surface area contributed by atoms with E-state index in [1.165, 1.54) is 17.6 Å². The molecule has 0 unspecified atom stereocenters. The number of aromatic nitrogens is 1. The lowest BCUT2D eigenvalue weighted by Crippen LogP contribution is -1.92. The normalized spacial score (nSPS) is 10.4. The standard InChI is InChI=1S/C10H9FN2S/c1-6-4-9(12)8(11)5-7(6)10-2-3-13-14-10/h2-5H,12H2,1H3. The summed E-state index contributed by atoms with van der Waals surface area (Å²) in [5.41, 5.74) is 7.47. The van der Waals surface area contributed by atoms with Gasteiger partial charge in [-0.1, -0.05) is 0 Å². The van der Waals surface area contributed by atoms with E-state index in [-0.39, 0.29) is 11.5 Å². The van der Waals surface area contributed by atoms with E-state index in [0.29, 0.717) is 0 Å². The lowest BCUT2D eigenvalue weighted by Gasteiger charge is -2.04. The summed E-state index contributed by atoms with van der Waals surface area (Å²) in [5.74, 6) is -0.376. The molecule has 2 rings (SSSR count). The molecule has 0 aliphatic carbocycles. The van der Waals surface area contributed by atoms with Gasteiger partial charge in [-0.15, -0.1) is 0 Å². The molecule has 0 spiro atoms. The van der Waals surface area contributed by atoms with E-state index in [1.807, 2.05) is 13.0 Å². The zero-order valence-corrected chi connectivity index (χ0v) is 8.44. The summed E-state index contributed by atoms with van der Waals surface area (Å²) in [7, 11) is 0. The quantitative estimate of drug-likeness (QED) is 0.732. The maximum atomic E-state index is 13.2. The van der Waals surface area contributed by atoms with Crippen LogP contribution < -0.4 is 5.73 Å². The van der Waals surface area contributed by atoms with Crippen molar-refractivity contribution >= 4 is 17.2 Å². The number of nitrogens with two attached hydrogens (primary N) is 1. The molecule has 1 aromatic carbocycles. The second-order valence-corrected chi connectivity index (χ2v) is 3.90. The van der Waals surface area contributed by atoms with Crippen LogP contribution in [0.1, 0.15) is 5.56 Å². The topological polar surface area (TPSA) is 38.9 Å². The zero-order valence-electron chi connectivity index (χ0n) is 7.62. The molecule has 2 aromatic rings. The Morgan fingerprint density at radius 3 is 2.86 bits per heavy atom. The molecule has 1 heterocycles. The molecule has 1 aromatic heterocycles. The van der Waals surface area contributed by atoms with E-state index in [9.17, 15) is 4.39 Å². The Kier molecular flexibility index (Phi) is 2.21. The largest absolute Gasteiger partial charge is 0.396 e. The Hall–Kier alpha value is -1.42. The Balaban J connectivity index is 2.60. The van der Waals surface area contributed by atoms with Crippen molar-refractivity contribution in [3.8, 4) is 10.4 Å². The van der Waals surface area contributed by atoms with E-state index in [2.05, 4.69) is 4.37 Å². The summed E-state index contributed by atoms with van der Waals surface area (Å²) in [6.07, 6.45) is 1.70. The van der Waals surface area contributed by atoms with Gasteiger partial charge in [0.05, 0.1) is 10.6 Å². The van der Waals surface area contributed by atoms with Crippen LogP contribution in [0.5, 0.6) is 0 Å². The second kappa shape index (κ2) is 3.38. The van der Waals surface area contributed by atoms with E-state index < -0.39 is 0 Å². The van der Waals surface area contributed by atoms with Crippen LogP contribution in [0, 0.1) is 12.7 Å². The van der Waals surface area contributed by atoms with Crippen molar-refractivity contribution in [2.45, 2.75) is 6.92 Å². The highest BCUT2D eigenvalue weighted by Crippen LogP contribution is 2.29. The first-order valence-electron chi connectivity index (χ1n) is 4.15. The molecule has 14 heavy (non-hydrogen) atoms. The number of halogens is 1. The van der Waals surface area contributed by atoms with Gasteiger partial charge in [0.1, 0.15) is 5.82 Å². The average Bonchev–Trinajstić information content (AvgIpc) is 2.64. The lowest BCUT2D eigenvalue weighted by molar-refractivity contribution is 0.632. The predicted molar refractivity (Wildman–Crippen MR) is 56.7 cm³/mol. The lowest BCUT2D eigenvalue weighted by atomic mass is 10.1. The van der Waals surface area contributed by atoms with Gasteiger partial charge in [0.2, 0.25) is 0 Å². The predicted octanol–water partition coefficient (Wildman–Crippen LogP) is 2.84. The van der Waals surface area contributed by atoms with Gasteiger partial charge in [0.25, 0.3) is 0 Å². The third-order valence-electron chi connectivity index (χ3n) is 2.05. The Bertz CT molecular complexity index is 451. The Morgan fingerprint density at radius 1 is 1.43 bits per heavy atom. The van der Waals surface area contributed by atoms with Crippen molar-refractivity contribution in [3.63, 3.8) is 0 Å². The maximum Gasteiger partial charge on any atom is 0.146 e. The molecule has 2 N–H and O–H groups in total. The van der Waals surface area contributed by atoms with E-state index in [1.54, 1.807) is 12.3 Å². The van der Waals surface area contributed by atoms with Crippen LogP contribution in [0.3, 0.4) is 0 Å². The number of benzene rings is 1. The van der Waals surface area contributed by atoms with Crippen molar-refractivity contribution in [3.05, 3.63) is 35.8 Å². The van der Waals surface area contributed by atoms with Crippen molar-refractivity contribution in [1.82, 2.24) is 4.37 Å². The van der Waals surface area contributed by atoms with Crippen molar-refractivity contribution in [2.24, 2.45) is 0 Å². The molecule has 0 saturated carbocycles. The molecule has 72 valence electrons. The molecular weight excluding hydrogens is 199 g/mol. The monoisotopic (exact) mass is 208 g/mol. The highest BCUT2D eigenvalue weighted by atomic mass is 32.1. The summed E-state index contributed by atoms with van der Waals surface area (Å²) in [4.78, 5) is 0.960. The smallest absolute Gasteiger partial charge is 0.146 e. The number of hydrogen-bond donors (Lipinski definition) is 1. The number of anilines is 1. The Morgan fingerprint density at radius 2 is 2.21 bits per heavy atom. The average molecular weight is 208 g/mol. The van der Waals surface area contributed by atoms with Crippen LogP contribution in [-0.4, -0.2) is 4.37 Å². The van der Waals surface area contributed by atoms with Gasteiger partial charge >= 0.3 is 0 Å². The third-order valence-corrected chi connectivity index (χ3v) is 2.83. The molecule has 4 heteroatoms. The third kappa shape index (κ3) is 1.48. The second-order valence-electron chi connectivity index (χ2n) is 3.07. The van der Waals surface area contributed by atoms with Crippen molar-refractivity contribution in [2.75, 3.05) is 5.73 Å². The first-order chi connectivity index (χ1) is 6.68. The number of rotatable bonds is 1. The van der Waals surface area contributed by atoms with Gasteiger partial charge in [-0.25, -0.2) is 8.76 Å². The number of nitrogen functional groups attached to an aromatic ring is 1. The Labute approximate surface area is 85.4 Å². The number of aryl methyl sites for hydroxylation is 1. The first kappa shape index (κ1) is 9.15. The molecule has 0 aliphatic heterocycles. The number of hydrogen-bond acceptors (Lipinski definition) is 3. The molecule has 0 radical (unpaired) electrons. The van der Waals surface area contributed by atoms with Crippen LogP contribution in [0.2, 0.25) is 0 Å². The molecule has 0 bridgehead atoms. The summed E-state index contributed by atoms with van der Waals surface area (Å²) in [6.45, 7) is 1.91. The molecular formula is C10H9FN2S. The SMILES string of the molecule is Cc1cc(N)c(F)cc1-c1ccns1. The molecule has 0 atom stereocenters. The highest BCUT2D eigenvalue weighted by molar-refractivity contribution is 7.09. The molecule has 0 saturated heterocycles. The van der Waals surface area contributed by atoms with Crippen LogP contribution in [0.15, 0.2) is 24.4 Å². The van der Waals surface area contributed by atoms with Crippen LogP contribution in [-0.2, 0) is 0 Å². The van der Waals surface area contributed by atoms with Gasteiger partial charge in [0.15, 0.2) is 0 Å². The van der Waals surface area contributed by atoms with Gasteiger partial charge in [-0.2, -0.15) is 0 Å². The fourth-order valence-corrected chi connectivity index (χ4v) is 2.00. The zero-order chi connectivity index (χ0) is 10.1. The van der Waals surface area contributed by atoms with Gasteiger partial charge < -0.3 is 5.73 Å². The number of nitrogens with zero attached hydrogens (tertiary/aromatic N) is 1. The first-order valence-corrected chi connectivity index (χ1v) is 4.92. The van der Waals surface area contributed by atoms with Gasteiger partial charge in [-0.3, -0.25) is 0 Å². The highest BCUT2D eigenvalue weighted by Gasteiger charge is 2.07. The van der Waals surface area contributed by atoms with Crippen molar-refractivity contribution < 1.29 is 4.39 Å². The van der Waals surface area contributed by atoms with E-state index >= 15 is 0 Å². The minimum absolute atomic E-state index is 0.191. The summed E-state index contributed by atoms with van der Waals surface area (Å²) in [6, 6.07) is 4.96. The van der Waals surface area contributed by atoms with Crippen LogP contribution in [0.4, 0.5) is 10.1 Å². The molecule has 2 nitrogen and oxygen atoms in total. The van der Waals surface area contributed by atoms with Crippen molar-refractivity contribution in [1.29, 1.82) is 0 Å². The van der Waals surface area contributed by atoms with Gasteiger partial charge in [0, 0.05) is 6.20 Å². The van der Waals surface area contributed by atoms with E-state index in [0.717, 1.165) is 16.0 Å². The van der Waals surface area contributed by atoms with Crippen LogP contribution >= 0.6 is 11.5 Å². The fraction of sp³-hybridized carbons (Fsp3) is 0.100. The molecule has 0 amide bonds. The maximum absolute atomic E-state index is 13.2. The minimum Gasteiger partial charge on any atom is -0.396 e. The van der Waals surface area contributed by atoms with Gasteiger partial charge in [-0.05, 0) is 47.8 Å². The minimum atomic E-state index is -0.376. The summed E-state index contributed by atoms with van der Waals surface area (Å²) < 4.78 is 17.2. The summed E-state index contributed by atoms with van der Waals surface area (Å²) >= 11 is 1.35. The van der Waals surface area contributed by atoms with E-state index in [4.69, 9.17) is 5.73 Å². The fourth-order valence-electron chi connectivity index (χ4n) is 1.32. The summed E-state index contributed by atoms with van der Waals surface area (Å²) in [5, 5.41) is 0. The molecule has 0 aliphatic rings.